The van der Waals surface area contributed by atoms with E-state index >= 15 is 0 Å². The minimum atomic E-state index is -0.906. The fraction of sp³-hybridized carbons (Fsp3) is 0.889. The van der Waals surface area contributed by atoms with Crippen molar-refractivity contribution in [2.75, 3.05) is 6.61 Å². The highest BCUT2D eigenvalue weighted by Crippen LogP contribution is 2.16. The van der Waals surface area contributed by atoms with Crippen LogP contribution in [-0.2, 0) is 14.3 Å². The average molecular weight is 565 g/mol. The molecule has 0 amide bonds. The van der Waals surface area contributed by atoms with Gasteiger partial charge >= 0.3 is 11.9 Å². The molecule has 0 saturated heterocycles. The van der Waals surface area contributed by atoms with Crippen molar-refractivity contribution >= 4 is 11.9 Å². The summed E-state index contributed by atoms with van der Waals surface area (Å²) in [5, 5.41) is 9.31. The molecular weight excluding hydrogens is 496 g/mol. The molecule has 1 unspecified atom stereocenters. The third-order valence-electron chi connectivity index (χ3n) is 8.05. The van der Waals surface area contributed by atoms with Gasteiger partial charge in [0.25, 0.3) is 0 Å². The number of aliphatic carboxylic acids is 1. The van der Waals surface area contributed by atoms with Crippen LogP contribution in [0.5, 0.6) is 0 Å². The second kappa shape index (κ2) is 32.2. The molecule has 0 radical (unpaired) electrons. The lowest BCUT2D eigenvalue weighted by Gasteiger charge is -2.10. The summed E-state index contributed by atoms with van der Waals surface area (Å²) in [7, 11) is 0. The van der Waals surface area contributed by atoms with Crippen LogP contribution in [0.4, 0.5) is 0 Å². The summed E-state index contributed by atoms with van der Waals surface area (Å²) in [6.45, 7) is 4.58. The molecule has 0 aromatic heterocycles. The van der Waals surface area contributed by atoms with Crippen LogP contribution in [0.2, 0.25) is 0 Å². The third-order valence-corrected chi connectivity index (χ3v) is 8.05. The van der Waals surface area contributed by atoms with Gasteiger partial charge in [0.1, 0.15) is 0 Å². The van der Waals surface area contributed by atoms with Crippen molar-refractivity contribution in [3.63, 3.8) is 0 Å². The van der Waals surface area contributed by atoms with E-state index in [0.29, 0.717) is 19.4 Å². The van der Waals surface area contributed by atoms with Crippen LogP contribution in [0.3, 0.4) is 0 Å². The van der Waals surface area contributed by atoms with Gasteiger partial charge in [-0.05, 0) is 32.1 Å². The first-order valence-electron chi connectivity index (χ1n) is 17.6. The lowest BCUT2D eigenvalue weighted by atomic mass is 9.99. The van der Waals surface area contributed by atoms with Gasteiger partial charge in [0.15, 0.2) is 0 Å². The van der Waals surface area contributed by atoms with Gasteiger partial charge in [0.05, 0.1) is 18.9 Å². The Morgan fingerprint density at radius 1 is 0.550 bits per heavy atom. The Bertz CT molecular complexity index is 571. The van der Waals surface area contributed by atoms with E-state index in [1.54, 1.807) is 0 Å². The van der Waals surface area contributed by atoms with Gasteiger partial charge in [0, 0.05) is 0 Å². The van der Waals surface area contributed by atoms with Gasteiger partial charge in [-0.3, -0.25) is 9.59 Å². The van der Waals surface area contributed by atoms with E-state index in [9.17, 15) is 14.7 Å². The van der Waals surface area contributed by atoms with E-state index in [1.807, 2.05) is 6.92 Å². The van der Waals surface area contributed by atoms with Crippen LogP contribution in [-0.4, -0.2) is 23.7 Å². The summed E-state index contributed by atoms with van der Waals surface area (Å²) in [5.41, 5.74) is 0. The van der Waals surface area contributed by atoms with Crippen LogP contribution >= 0.6 is 0 Å². The predicted molar refractivity (Wildman–Crippen MR) is 172 cm³/mol. The monoisotopic (exact) mass is 565 g/mol. The van der Waals surface area contributed by atoms with E-state index in [1.165, 1.54) is 148 Å². The first-order valence-corrected chi connectivity index (χ1v) is 17.6. The summed E-state index contributed by atoms with van der Waals surface area (Å²) >= 11 is 0. The maximum absolute atomic E-state index is 11.7. The van der Waals surface area contributed by atoms with E-state index in [0.717, 1.165) is 12.8 Å². The minimum Gasteiger partial charge on any atom is -0.481 e. The molecule has 0 aliphatic rings. The zero-order chi connectivity index (χ0) is 29.4. The van der Waals surface area contributed by atoms with Gasteiger partial charge in [-0.15, -0.1) is 0 Å². The normalized spacial score (nSPS) is 12.2. The summed E-state index contributed by atoms with van der Waals surface area (Å²) in [5.74, 6) is -1.95. The summed E-state index contributed by atoms with van der Waals surface area (Å²) < 4.78 is 5.01. The van der Waals surface area contributed by atoms with E-state index in [-0.39, 0.29) is 6.42 Å². The molecule has 0 bridgehead atoms. The highest BCUT2D eigenvalue weighted by atomic mass is 16.5. The van der Waals surface area contributed by atoms with Crippen molar-refractivity contribution < 1.29 is 19.4 Å². The first kappa shape index (κ1) is 38.7. The molecular formula is C36H68O4. The molecule has 0 heterocycles. The molecule has 0 fully saturated rings. The van der Waals surface area contributed by atoms with Crippen LogP contribution in [0.25, 0.3) is 0 Å². The van der Waals surface area contributed by atoms with Crippen LogP contribution in [0, 0.1) is 5.92 Å². The fourth-order valence-electron chi connectivity index (χ4n) is 5.37. The molecule has 4 heteroatoms. The van der Waals surface area contributed by atoms with E-state index in [2.05, 4.69) is 19.1 Å². The first-order chi connectivity index (χ1) is 19.6. The number of hydrogen-bond donors (Lipinski definition) is 1. The number of hydrogen-bond acceptors (Lipinski definition) is 3. The zero-order valence-electron chi connectivity index (χ0n) is 26.9. The van der Waals surface area contributed by atoms with Crippen LogP contribution in [0.1, 0.15) is 194 Å². The summed E-state index contributed by atoms with van der Waals surface area (Å²) in [6, 6.07) is 0. The number of allylic oxidation sites excluding steroid dienone is 2. The van der Waals surface area contributed by atoms with Crippen molar-refractivity contribution in [2.45, 2.75) is 194 Å². The van der Waals surface area contributed by atoms with Crippen molar-refractivity contribution in [3.05, 3.63) is 12.2 Å². The Labute approximate surface area is 249 Å². The molecule has 0 saturated carbocycles. The fourth-order valence-corrected chi connectivity index (χ4v) is 5.37. The second-order valence-corrected chi connectivity index (χ2v) is 12.1. The summed E-state index contributed by atoms with van der Waals surface area (Å²) in [4.78, 5) is 23.0. The Hall–Kier alpha value is -1.32. The average Bonchev–Trinajstić information content (AvgIpc) is 2.94. The van der Waals surface area contributed by atoms with Crippen LogP contribution in [0.15, 0.2) is 12.2 Å². The maximum Gasteiger partial charge on any atom is 0.307 e. The SMILES string of the molecule is CCCCCCCCCCCCCCCCCCCCCCCCC/C=C/CCC(CC(=O)OCCC)C(=O)O. The summed E-state index contributed by atoms with van der Waals surface area (Å²) in [6.07, 6.45) is 39.7. The number of rotatable bonds is 32. The number of ether oxygens (including phenoxy) is 1. The largest absolute Gasteiger partial charge is 0.481 e. The number of carbonyl (C=O) groups excluding carboxylic acids is 1. The topological polar surface area (TPSA) is 63.6 Å². The van der Waals surface area contributed by atoms with Gasteiger partial charge in [-0.25, -0.2) is 0 Å². The van der Waals surface area contributed by atoms with Crippen molar-refractivity contribution in [3.8, 4) is 0 Å². The Morgan fingerprint density at radius 3 is 1.30 bits per heavy atom. The highest BCUT2D eigenvalue weighted by Gasteiger charge is 2.21. The molecule has 0 aromatic carbocycles. The van der Waals surface area contributed by atoms with Gasteiger partial charge in [-0.1, -0.05) is 167 Å². The number of carboxylic acids is 1. The quantitative estimate of drug-likeness (QED) is 0.0501. The molecule has 4 nitrogen and oxygen atoms in total. The molecule has 1 N–H and O–H groups in total. The van der Waals surface area contributed by atoms with E-state index in [4.69, 9.17) is 4.74 Å². The lowest BCUT2D eigenvalue weighted by Crippen LogP contribution is -2.19. The predicted octanol–water partition coefficient (Wildman–Crippen LogP) is 11.7. The zero-order valence-corrected chi connectivity index (χ0v) is 26.9. The molecule has 40 heavy (non-hydrogen) atoms. The number of carbonyl (C=O) groups is 2. The van der Waals surface area contributed by atoms with Gasteiger partial charge in [-0.2, -0.15) is 0 Å². The van der Waals surface area contributed by atoms with Crippen molar-refractivity contribution in [1.29, 1.82) is 0 Å². The molecule has 0 rings (SSSR count). The molecule has 236 valence electrons. The Morgan fingerprint density at radius 2 is 0.925 bits per heavy atom. The van der Waals surface area contributed by atoms with Crippen molar-refractivity contribution in [2.24, 2.45) is 5.92 Å². The number of carboxylic acid groups (broad SMARTS) is 1. The minimum absolute atomic E-state index is 0.0251. The smallest absolute Gasteiger partial charge is 0.307 e. The lowest BCUT2D eigenvalue weighted by molar-refractivity contribution is -0.151. The van der Waals surface area contributed by atoms with E-state index < -0.39 is 17.9 Å². The Balaban J connectivity index is 3.32. The maximum atomic E-state index is 11.7. The van der Waals surface area contributed by atoms with Crippen LogP contribution < -0.4 is 0 Å². The molecule has 0 aromatic rings. The third kappa shape index (κ3) is 29.7. The molecule has 1 atom stereocenters. The second-order valence-electron chi connectivity index (χ2n) is 12.1. The molecule has 0 aliphatic heterocycles. The van der Waals surface area contributed by atoms with Crippen molar-refractivity contribution in [1.82, 2.24) is 0 Å². The standard InChI is InChI=1S/C36H68O4/c1-3-5-6-7-8-9-10-11-12-13-14-15-16-17-18-19-20-21-22-23-24-25-26-27-28-29-30-31-34(36(38)39)33-35(37)40-32-4-2/h28-29,34H,3-27,30-33H2,1-2H3,(H,38,39)/b29-28+. The number of unbranched alkanes of at least 4 members (excludes halogenated alkanes) is 23. The van der Waals surface area contributed by atoms with Gasteiger partial charge < -0.3 is 9.84 Å². The molecule has 0 spiro atoms. The Kier molecular flexibility index (Phi) is 31.1. The molecule has 0 aliphatic carbocycles. The number of esters is 1. The van der Waals surface area contributed by atoms with Gasteiger partial charge in [0.2, 0.25) is 0 Å². The highest BCUT2D eigenvalue weighted by molar-refractivity contribution is 5.78.